The summed E-state index contributed by atoms with van der Waals surface area (Å²) in [4.78, 5) is 15.0. The van der Waals surface area contributed by atoms with Crippen LogP contribution in [0.5, 0.6) is 0 Å². The van der Waals surface area contributed by atoms with Gasteiger partial charge in [0.05, 0.1) is 11.9 Å². The third kappa shape index (κ3) is 3.52. The molecule has 0 radical (unpaired) electrons. The summed E-state index contributed by atoms with van der Waals surface area (Å²) in [6, 6.07) is 15.1. The molecule has 0 unspecified atom stereocenters. The first-order valence-electron chi connectivity index (χ1n) is 7.12. The van der Waals surface area contributed by atoms with E-state index in [4.69, 9.17) is 5.11 Å². The fourth-order valence-electron chi connectivity index (χ4n) is 2.33. The van der Waals surface area contributed by atoms with Crippen molar-refractivity contribution < 1.29 is 18.3 Å². The largest absolute Gasteiger partial charge is 0.481 e. The highest BCUT2D eigenvalue weighted by atomic mass is 32.2. The summed E-state index contributed by atoms with van der Waals surface area (Å²) >= 11 is 0. The van der Waals surface area contributed by atoms with Crippen molar-refractivity contribution in [3.05, 3.63) is 66.4 Å². The number of hydrogen-bond acceptors (Lipinski definition) is 4. The number of carboxylic acid groups (broad SMARTS) is 1. The molecule has 0 atom stereocenters. The lowest BCUT2D eigenvalue weighted by Crippen LogP contribution is -2.13. The number of fused-ring (bicyclic) bond motifs is 1. The Kier molecular flexibility index (Phi) is 4.18. The van der Waals surface area contributed by atoms with Crippen LogP contribution in [0.2, 0.25) is 0 Å². The van der Waals surface area contributed by atoms with Gasteiger partial charge >= 0.3 is 5.97 Å². The summed E-state index contributed by atoms with van der Waals surface area (Å²) in [5, 5.41) is 9.54. The van der Waals surface area contributed by atoms with E-state index in [1.54, 1.807) is 36.4 Å². The maximum Gasteiger partial charge on any atom is 0.307 e. The lowest BCUT2D eigenvalue weighted by Gasteiger charge is -2.09. The van der Waals surface area contributed by atoms with E-state index in [0.29, 0.717) is 16.8 Å². The summed E-state index contributed by atoms with van der Waals surface area (Å²) in [5.41, 5.74) is 1.53. The van der Waals surface area contributed by atoms with Crippen molar-refractivity contribution in [3.8, 4) is 0 Å². The number of rotatable bonds is 5. The Balaban J connectivity index is 1.91. The molecule has 0 spiro atoms. The van der Waals surface area contributed by atoms with Gasteiger partial charge in [-0.15, -0.1) is 0 Å². The molecule has 2 N–H and O–H groups in total. The summed E-state index contributed by atoms with van der Waals surface area (Å²) in [7, 11) is -3.81. The van der Waals surface area contributed by atoms with Crippen LogP contribution in [0.4, 0.5) is 5.69 Å². The number of nitrogens with zero attached hydrogens (tertiary/aromatic N) is 1. The zero-order valence-electron chi connectivity index (χ0n) is 12.5. The van der Waals surface area contributed by atoms with E-state index >= 15 is 0 Å². The van der Waals surface area contributed by atoms with Crippen molar-refractivity contribution in [3.63, 3.8) is 0 Å². The number of benzene rings is 2. The monoisotopic (exact) mass is 342 g/mol. The molecule has 0 fully saturated rings. The Morgan fingerprint density at radius 3 is 2.67 bits per heavy atom. The highest BCUT2D eigenvalue weighted by Gasteiger charge is 2.15. The van der Waals surface area contributed by atoms with Gasteiger partial charge in [-0.2, -0.15) is 0 Å². The van der Waals surface area contributed by atoms with E-state index in [0.717, 1.165) is 5.39 Å². The number of aliphatic carboxylic acids is 1. The summed E-state index contributed by atoms with van der Waals surface area (Å²) in [6.07, 6.45) is 1.12. The zero-order chi connectivity index (χ0) is 17.2. The molecule has 0 amide bonds. The molecule has 0 aliphatic rings. The second-order valence-electron chi connectivity index (χ2n) is 5.24. The standard InChI is InChI=1S/C17H14N2O4S/c20-17(21)9-12-4-3-6-14(8-12)19-24(22,23)15-10-13-5-1-2-7-16(13)18-11-15/h1-8,10-11,19H,9H2,(H,20,21). The van der Waals surface area contributed by atoms with Crippen LogP contribution in [0.3, 0.4) is 0 Å². The number of nitrogens with one attached hydrogen (secondary N) is 1. The first-order chi connectivity index (χ1) is 11.4. The predicted octanol–water partition coefficient (Wildman–Crippen LogP) is 2.66. The van der Waals surface area contributed by atoms with E-state index in [1.807, 2.05) is 12.1 Å². The lowest BCUT2D eigenvalue weighted by molar-refractivity contribution is -0.136. The second kappa shape index (κ2) is 6.29. The van der Waals surface area contributed by atoms with Crippen LogP contribution in [0, 0.1) is 0 Å². The fourth-order valence-corrected chi connectivity index (χ4v) is 3.36. The molecular formula is C17H14N2O4S. The van der Waals surface area contributed by atoms with E-state index in [2.05, 4.69) is 9.71 Å². The molecule has 0 saturated carbocycles. The number of sulfonamides is 1. The fraction of sp³-hybridized carbons (Fsp3) is 0.0588. The van der Waals surface area contributed by atoms with Gasteiger partial charge in [-0.25, -0.2) is 8.42 Å². The van der Waals surface area contributed by atoms with Gasteiger partial charge in [0.25, 0.3) is 10.0 Å². The Labute approximate surface area is 138 Å². The molecule has 122 valence electrons. The van der Waals surface area contributed by atoms with Gasteiger partial charge in [-0.1, -0.05) is 30.3 Å². The first-order valence-corrected chi connectivity index (χ1v) is 8.61. The molecular weight excluding hydrogens is 328 g/mol. The third-order valence-corrected chi connectivity index (χ3v) is 4.76. The maximum absolute atomic E-state index is 12.5. The molecule has 1 heterocycles. The minimum Gasteiger partial charge on any atom is -0.481 e. The number of hydrogen-bond donors (Lipinski definition) is 2. The van der Waals surface area contributed by atoms with Gasteiger partial charge in [-0.3, -0.25) is 14.5 Å². The topological polar surface area (TPSA) is 96.4 Å². The number of carboxylic acids is 1. The number of anilines is 1. The van der Waals surface area contributed by atoms with Gasteiger partial charge in [0.2, 0.25) is 0 Å². The average molecular weight is 342 g/mol. The predicted molar refractivity (Wildman–Crippen MR) is 90.3 cm³/mol. The smallest absolute Gasteiger partial charge is 0.307 e. The molecule has 1 aromatic heterocycles. The van der Waals surface area contributed by atoms with Crippen molar-refractivity contribution >= 4 is 32.6 Å². The van der Waals surface area contributed by atoms with Gasteiger partial charge in [-0.05, 0) is 29.8 Å². The average Bonchev–Trinajstić information content (AvgIpc) is 2.53. The molecule has 24 heavy (non-hydrogen) atoms. The maximum atomic E-state index is 12.5. The van der Waals surface area contributed by atoms with Crippen LogP contribution in [-0.2, 0) is 21.2 Å². The molecule has 7 heteroatoms. The van der Waals surface area contributed by atoms with Crippen molar-refractivity contribution in [1.29, 1.82) is 0 Å². The van der Waals surface area contributed by atoms with E-state index in [9.17, 15) is 13.2 Å². The van der Waals surface area contributed by atoms with Crippen LogP contribution in [0.1, 0.15) is 5.56 Å². The van der Waals surface area contributed by atoms with E-state index in [1.165, 1.54) is 12.3 Å². The van der Waals surface area contributed by atoms with E-state index in [-0.39, 0.29) is 11.3 Å². The molecule has 0 aliphatic carbocycles. The Hall–Kier alpha value is -2.93. The van der Waals surface area contributed by atoms with Crippen molar-refractivity contribution in [2.24, 2.45) is 0 Å². The minimum absolute atomic E-state index is 0.0461. The first kappa shape index (κ1) is 15.9. The summed E-state index contributed by atoms with van der Waals surface area (Å²) in [6.45, 7) is 0. The van der Waals surface area contributed by atoms with Gasteiger partial charge in [0.1, 0.15) is 4.90 Å². The molecule has 3 rings (SSSR count). The summed E-state index contributed by atoms with van der Waals surface area (Å²) in [5.74, 6) is -0.978. The molecule has 3 aromatic rings. The van der Waals surface area contributed by atoms with Gasteiger partial charge < -0.3 is 5.11 Å². The molecule has 6 nitrogen and oxygen atoms in total. The highest BCUT2D eigenvalue weighted by Crippen LogP contribution is 2.20. The normalized spacial score (nSPS) is 11.3. The Morgan fingerprint density at radius 2 is 1.88 bits per heavy atom. The Bertz CT molecular complexity index is 1020. The number of pyridine rings is 1. The van der Waals surface area contributed by atoms with Crippen LogP contribution in [0.15, 0.2) is 65.7 Å². The SMILES string of the molecule is O=C(O)Cc1cccc(NS(=O)(=O)c2cnc3ccccc3c2)c1. The lowest BCUT2D eigenvalue weighted by atomic mass is 10.1. The molecule has 0 aliphatic heterocycles. The van der Waals surface area contributed by atoms with Crippen LogP contribution < -0.4 is 4.72 Å². The van der Waals surface area contributed by atoms with E-state index < -0.39 is 16.0 Å². The van der Waals surface area contributed by atoms with Crippen LogP contribution in [0.25, 0.3) is 10.9 Å². The number of carbonyl (C=O) groups is 1. The minimum atomic E-state index is -3.81. The summed E-state index contributed by atoms with van der Waals surface area (Å²) < 4.78 is 27.5. The van der Waals surface area contributed by atoms with Crippen LogP contribution >= 0.6 is 0 Å². The molecule has 2 aromatic carbocycles. The number of para-hydroxylation sites is 1. The second-order valence-corrected chi connectivity index (χ2v) is 6.92. The van der Waals surface area contributed by atoms with Gasteiger partial charge in [0, 0.05) is 17.3 Å². The van der Waals surface area contributed by atoms with Crippen LogP contribution in [-0.4, -0.2) is 24.5 Å². The Morgan fingerprint density at radius 1 is 1.08 bits per heavy atom. The van der Waals surface area contributed by atoms with Crippen molar-refractivity contribution in [2.75, 3.05) is 4.72 Å². The highest BCUT2D eigenvalue weighted by molar-refractivity contribution is 7.92. The molecule has 0 saturated heterocycles. The number of aromatic nitrogens is 1. The zero-order valence-corrected chi connectivity index (χ0v) is 13.3. The molecule has 0 bridgehead atoms. The van der Waals surface area contributed by atoms with Crippen molar-refractivity contribution in [2.45, 2.75) is 11.3 Å². The third-order valence-electron chi connectivity index (χ3n) is 3.41. The quantitative estimate of drug-likeness (QED) is 0.743. The van der Waals surface area contributed by atoms with Crippen molar-refractivity contribution in [1.82, 2.24) is 4.98 Å². The van der Waals surface area contributed by atoms with Gasteiger partial charge in [0.15, 0.2) is 0 Å².